The molecule has 0 radical (unpaired) electrons. The summed E-state index contributed by atoms with van der Waals surface area (Å²) in [7, 11) is 5.15. The van der Waals surface area contributed by atoms with Crippen LogP contribution in [0.4, 0.5) is 20.2 Å². The number of rotatable bonds is 7. The first kappa shape index (κ1) is 29.5. The van der Waals surface area contributed by atoms with E-state index in [9.17, 15) is 13.6 Å². The summed E-state index contributed by atoms with van der Waals surface area (Å²) in [5.74, 6) is -0.170. The molecule has 4 aromatic rings. The molecule has 2 fully saturated rings. The molecular weight excluding hydrogens is 578 g/mol. The minimum absolute atomic E-state index is 0.123. The van der Waals surface area contributed by atoms with Crippen LogP contribution in [0.1, 0.15) is 48.7 Å². The average molecular weight is 617 g/mol. The van der Waals surface area contributed by atoms with Crippen molar-refractivity contribution in [1.82, 2.24) is 19.3 Å². The SMILES string of the molecule is COc1cc(-c2nc(C3CCC(N4CC(F)(F)C4)CC3)n3ccnc(C)c23)ccc1NC(=O)C1Cc2c(OC)cccc2N1C. The van der Waals surface area contributed by atoms with Crippen LogP contribution >= 0.6 is 0 Å². The topological polar surface area (TPSA) is 84.2 Å². The monoisotopic (exact) mass is 616 g/mol. The van der Waals surface area contributed by atoms with Crippen LogP contribution in [0.15, 0.2) is 48.8 Å². The van der Waals surface area contributed by atoms with Crippen molar-refractivity contribution in [3.05, 3.63) is 65.9 Å². The standard InChI is InChI=1S/C34H38F2N6O3/c1-20-31-30(39-32(42(31)15-14-37-20)21-8-11-23(12-9-21)41-18-34(35,36)19-41)22-10-13-25(29(16-22)45-4)38-33(43)27-17-24-26(40(27)2)6-5-7-28(24)44-3/h5-7,10,13-16,21,23,27H,8-9,11-12,17-19H2,1-4H3,(H,38,43). The van der Waals surface area contributed by atoms with Crippen LogP contribution < -0.4 is 19.7 Å². The lowest BCUT2D eigenvalue weighted by Crippen LogP contribution is -2.60. The van der Waals surface area contributed by atoms with Crippen molar-refractivity contribution in [3.63, 3.8) is 0 Å². The first-order valence-electron chi connectivity index (χ1n) is 15.5. The van der Waals surface area contributed by atoms with Crippen LogP contribution in [-0.2, 0) is 11.2 Å². The fraction of sp³-hybridized carbons (Fsp3) is 0.441. The molecule has 0 bridgehead atoms. The minimum Gasteiger partial charge on any atom is -0.496 e. The van der Waals surface area contributed by atoms with Crippen molar-refractivity contribution < 1.29 is 23.0 Å². The van der Waals surface area contributed by atoms with Gasteiger partial charge in [-0.2, -0.15) is 0 Å². The van der Waals surface area contributed by atoms with Crippen molar-refractivity contribution in [2.24, 2.45) is 0 Å². The molecule has 236 valence electrons. The normalized spacial score (nSPS) is 22.6. The van der Waals surface area contributed by atoms with E-state index in [2.05, 4.69) is 14.7 Å². The highest BCUT2D eigenvalue weighted by Crippen LogP contribution is 2.42. The number of hydrogen-bond donors (Lipinski definition) is 1. The molecule has 1 atom stereocenters. The Hall–Kier alpha value is -4.25. The molecule has 1 N–H and O–H groups in total. The molecule has 3 aliphatic rings. The maximum Gasteiger partial charge on any atom is 0.272 e. The molecule has 9 nitrogen and oxygen atoms in total. The number of hydrogen-bond acceptors (Lipinski definition) is 7. The zero-order chi connectivity index (χ0) is 31.5. The largest absolute Gasteiger partial charge is 0.496 e. The minimum atomic E-state index is -2.54. The Labute approximate surface area is 261 Å². The molecule has 1 saturated heterocycles. The summed E-state index contributed by atoms with van der Waals surface area (Å²) in [6.07, 6.45) is 7.84. The van der Waals surface area contributed by atoms with Crippen molar-refractivity contribution >= 4 is 22.8 Å². The van der Waals surface area contributed by atoms with Gasteiger partial charge in [-0.05, 0) is 56.9 Å². The van der Waals surface area contributed by atoms with E-state index in [-0.39, 0.29) is 37.0 Å². The predicted molar refractivity (Wildman–Crippen MR) is 169 cm³/mol. The second kappa shape index (κ2) is 11.3. The number of anilines is 2. The lowest BCUT2D eigenvalue weighted by molar-refractivity contribution is -0.150. The third kappa shape index (κ3) is 5.16. The van der Waals surface area contributed by atoms with Gasteiger partial charge in [0.05, 0.1) is 49.9 Å². The Bertz CT molecular complexity index is 1760. The Kier molecular flexibility index (Phi) is 7.38. The fourth-order valence-corrected chi connectivity index (χ4v) is 7.42. The number of imidazole rings is 1. The number of likely N-dealkylation sites (N-methyl/N-ethyl adjacent to an activating group) is 1. The number of aromatic nitrogens is 3. The van der Waals surface area contributed by atoms with Gasteiger partial charge in [-0.3, -0.25) is 19.1 Å². The van der Waals surface area contributed by atoms with Crippen LogP contribution in [0.25, 0.3) is 16.8 Å². The first-order valence-corrected chi connectivity index (χ1v) is 15.5. The molecule has 1 unspecified atom stereocenters. The van der Waals surface area contributed by atoms with Gasteiger partial charge in [0.1, 0.15) is 23.4 Å². The van der Waals surface area contributed by atoms with Gasteiger partial charge < -0.3 is 19.7 Å². The van der Waals surface area contributed by atoms with E-state index in [4.69, 9.17) is 14.5 Å². The summed E-state index contributed by atoms with van der Waals surface area (Å²) in [6, 6.07) is 11.4. The molecule has 2 aliphatic heterocycles. The molecular formula is C34H38F2N6O3. The van der Waals surface area contributed by atoms with E-state index in [0.29, 0.717) is 17.9 Å². The van der Waals surface area contributed by atoms with Gasteiger partial charge in [-0.25, -0.2) is 13.8 Å². The number of benzene rings is 2. The number of alkyl halides is 2. The molecule has 0 spiro atoms. The highest BCUT2D eigenvalue weighted by Gasteiger charge is 2.47. The zero-order valence-electron chi connectivity index (χ0n) is 26.0. The Morgan fingerprint density at radius 1 is 1.04 bits per heavy atom. The Balaban J connectivity index is 1.13. The number of likely N-dealkylation sites (tertiary alicyclic amines) is 1. The first-order chi connectivity index (χ1) is 21.7. The van der Waals surface area contributed by atoms with Gasteiger partial charge in [0.2, 0.25) is 5.91 Å². The number of aryl methyl sites for hydroxylation is 1. The molecule has 45 heavy (non-hydrogen) atoms. The third-order valence-corrected chi connectivity index (χ3v) is 9.82. The van der Waals surface area contributed by atoms with Crippen LogP contribution in [0.3, 0.4) is 0 Å². The molecule has 2 aromatic heterocycles. The molecule has 1 saturated carbocycles. The quantitative estimate of drug-likeness (QED) is 0.285. The van der Waals surface area contributed by atoms with E-state index in [1.807, 2.05) is 66.4 Å². The van der Waals surface area contributed by atoms with Crippen molar-refractivity contribution in [2.45, 2.75) is 63.0 Å². The van der Waals surface area contributed by atoms with E-state index in [1.165, 1.54) is 0 Å². The second-order valence-corrected chi connectivity index (χ2v) is 12.5. The highest BCUT2D eigenvalue weighted by molar-refractivity contribution is 6.00. The smallest absolute Gasteiger partial charge is 0.272 e. The Morgan fingerprint density at radius 2 is 1.80 bits per heavy atom. The van der Waals surface area contributed by atoms with E-state index in [1.54, 1.807) is 20.4 Å². The van der Waals surface area contributed by atoms with Gasteiger partial charge in [-0.15, -0.1) is 0 Å². The molecule has 4 heterocycles. The number of nitrogens with zero attached hydrogens (tertiary/aromatic N) is 5. The van der Waals surface area contributed by atoms with Crippen LogP contribution in [-0.4, -0.2) is 77.5 Å². The van der Waals surface area contributed by atoms with Gasteiger partial charge in [-0.1, -0.05) is 12.1 Å². The lowest BCUT2D eigenvalue weighted by Gasteiger charge is -2.46. The molecule has 11 heteroatoms. The van der Waals surface area contributed by atoms with Gasteiger partial charge >= 0.3 is 0 Å². The molecule has 2 aromatic carbocycles. The molecule has 1 amide bonds. The second-order valence-electron chi connectivity index (χ2n) is 12.5. The van der Waals surface area contributed by atoms with Crippen LogP contribution in [0, 0.1) is 6.92 Å². The molecule has 7 rings (SSSR count). The number of fused-ring (bicyclic) bond motifs is 2. The van der Waals surface area contributed by atoms with Crippen molar-refractivity contribution in [3.8, 4) is 22.8 Å². The number of carbonyl (C=O) groups is 1. The van der Waals surface area contributed by atoms with Gasteiger partial charge in [0.15, 0.2) is 0 Å². The van der Waals surface area contributed by atoms with Crippen molar-refractivity contribution in [1.29, 1.82) is 0 Å². The number of nitrogens with one attached hydrogen (secondary N) is 1. The van der Waals surface area contributed by atoms with E-state index >= 15 is 0 Å². The lowest BCUT2D eigenvalue weighted by atomic mass is 9.83. The highest BCUT2D eigenvalue weighted by atomic mass is 19.3. The maximum atomic E-state index is 13.5. The number of carbonyl (C=O) groups excluding carboxylic acids is 1. The maximum absolute atomic E-state index is 13.5. The predicted octanol–water partition coefficient (Wildman–Crippen LogP) is 5.70. The van der Waals surface area contributed by atoms with E-state index < -0.39 is 5.92 Å². The number of halogens is 2. The number of ether oxygens (including phenoxy) is 2. The summed E-state index contributed by atoms with van der Waals surface area (Å²) < 4.78 is 40.4. The fourth-order valence-electron chi connectivity index (χ4n) is 7.42. The van der Waals surface area contributed by atoms with Crippen LogP contribution in [0.2, 0.25) is 0 Å². The zero-order valence-corrected chi connectivity index (χ0v) is 26.0. The van der Waals surface area contributed by atoms with Gasteiger partial charge in [0, 0.05) is 54.6 Å². The summed E-state index contributed by atoms with van der Waals surface area (Å²) >= 11 is 0. The van der Waals surface area contributed by atoms with Gasteiger partial charge in [0.25, 0.3) is 5.92 Å². The average Bonchev–Trinajstić information content (AvgIpc) is 3.59. The summed E-state index contributed by atoms with van der Waals surface area (Å²) in [5, 5.41) is 3.08. The number of methoxy groups -OCH3 is 2. The molecule has 1 aliphatic carbocycles. The Morgan fingerprint density at radius 3 is 2.51 bits per heavy atom. The van der Waals surface area contributed by atoms with Crippen molar-refractivity contribution in [2.75, 3.05) is 44.6 Å². The number of amides is 1. The van der Waals surface area contributed by atoms with Crippen LogP contribution in [0.5, 0.6) is 11.5 Å². The summed E-state index contributed by atoms with van der Waals surface area (Å²) in [4.78, 5) is 27.2. The summed E-state index contributed by atoms with van der Waals surface area (Å²) in [6.45, 7) is 1.73. The van der Waals surface area contributed by atoms with E-state index in [0.717, 1.165) is 71.0 Å². The summed E-state index contributed by atoms with van der Waals surface area (Å²) in [5.41, 5.74) is 6.03. The third-order valence-electron chi connectivity index (χ3n) is 9.82.